The minimum Gasteiger partial charge on any atom is -0.382 e. The third-order valence-corrected chi connectivity index (χ3v) is 3.62. The maximum absolute atomic E-state index is 13.5. The van der Waals surface area contributed by atoms with Crippen LogP contribution in [-0.4, -0.2) is 22.8 Å². The number of nitrogens with one attached hydrogen (secondary N) is 1. The summed E-state index contributed by atoms with van der Waals surface area (Å²) in [6, 6.07) is 3.20. The van der Waals surface area contributed by atoms with Crippen LogP contribution in [0.25, 0.3) is 11.0 Å². The zero-order valence-electron chi connectivity index (χ0n) is 10.0. The van der Waals surface area contributed by atoms with Crippen LogP contribution in [0.3, 0.4) is 0 Å². The maximum atomic E-state index is 13.5. The molecule has 1 aromatic heterocycles. The van der Waals surface area contributed by atoms with Gasteiger partial charge in [0.1, 0.15) is 5.82 Å². The van der Waals surface area contributed by atoms with Crippen LogP contribution in [0.4, 0.5) is 4.39 Å². The molecule has 0 amide bonds. The lowest BCUT2D eigenvalue weighted by Gasteiger charge is -2.05. The van der Waals surface area contributed by atoms with Crippen molar-refractivity contribution < 1.29 is 9.13 Å². The quantitative estimate of drug-likeness (QED) is 0.661. The van der Waals surface area contributed by atoms with Crippen LogP contribution in [-0.2, 0) is 11.3 Å². The molecule has 0 saturated carbocycles. The number of imidazole rings is 1. The first-order valence-corrected chi connectivity index (χ1v) is 6.99. The Morgan fingerprint density at radius 2 is 2.28 bits per heavy atom. The fourth-order valence-corrected chi connectivity index (χ4v) is 2.49. The van der Waals surface area contributed by atoms with E-state index in [0.29, 0.717) is 22.5 Å². The molecular weight excluding hydrogens is 319 g/mol. The number of halogens is 2. The van der Waals surface area contributed by atoms with E-state index in [1.807, 2.05) is 11.5 Å². The Morgan fingerprint density at radius 1 is 1.50 bits per heavy atom. The smallest absolute Gasteiger partial charge is 0.178 e. The van der Waals surface area contributed by atoms with Crippen LogP contribution >= 0.6 is 28.1 Å². The predicted molar refractivity (Wildman–Crippen MR) is 75.9 cm³/mol. The number of fused-ring (bicyclic) bond motifs is 1. The van der Waals surface area contributed by atoms with Crippen molar-refractivity contribution in [3.05, 3.63) is 27.2 Å². The average Bonchev–Trinajstić information content (AvgIpc) is 2.62. The Kier molecular flexibility index (Phi) is 4.53. The van der Waals surface area contributed by atoms with E-state index in [-0.39, 0.29) is 5.82 Å². The lowest BCUT2D eigenvalue weighted by molar-refractivity contribution is 0.142. The number of aromatic amines is 1. The molecule has 6 heteroatoms. The molecule has 98 valence electrons. The average molecular weight is 333 g/mol. The van der Waals surface area contributed by atoms with Gasteiger partial charge in [-0.1, -0.05) is 0 Å². The van der Waals surface area contributed by atoms with Crippen LogP contribution in [0.15, 0.2) is 16.6 Å². The fraction of sp³-hybridized carbons (Fsp3) is 0.417. The second kappa shape index (κ2) is 5.95. The Bertz CT molecular complexity index is 608. The van der Waals surface area contributed by atoms with Gasteiger partial charge in [-0.15, -0.1) is 0 Å². The van der Waals surface area contributed by atoms with Crippen LogP contribution in [0.1, 0.15) is 13.3 Å². The van der Waals surface area contributed by atoms with Crippen molar-refractivity contribution in [2.75, 3.05) is 13.2 Å². The summed E-state index contributed by atoms with van der Waals surface area (Å²) in [4.78, 5) is 3.08. The molecule has 1 aromatic carbocycles. The first-order chi connectivity index (χ1) is 8.63. The summed E-state index contributed by atoms with van der Waals surface area (Å²) < 4.78 is 21.8. The van der Waals surface area contributed by atoms with E-state index in [4.69, 9.17) is 17.0 Å². The molecule has 0 fully saturated rings. The van der Waals surface area contributed by atoms with E-state index in [9.17, 15) is 4.39 Å². The molecule has 0 saturated heterocycles. The zero-order chi connectivity index (χ0) is 13.1. The van der Waals surface area contributed by atoms with E-state index in [1.54, 1.807) is 6.07 Å². The van der Waals surface area contributed by atoms with Gasteiger partial charge < -0.3 is 14.3 Å². The molecule has 2 rings (SSSR count). The lowest BCUT2D eigenvalue weighted by atomic mass is 10.3. The van der Waals surface area contributed by atoms with Crippen molar-refractivity contribution in [3.8, 4) is 0 Å². The molecule has 1 heterocycles. The van der Waals surface area contributed by atoms with Crippen molar-refractivity contribution in [1.29, 1.82) is 0 Å². The number of benzene rings is 1. The van der Waals surface area contributed by atoms with Gasteiger partial charge >= 0.3 is 0 Å². The number of nitrogens with zero attached hydrogens (tertiary/aromatic N) is 1. The summed E-state index contributed by atoms with van der Waals surface area (Å²) in [6.45, 7) is 4.08. The fourth-order valence-electron chi connectivity index (χ4n) is 1.84. The number of H-pyrrole nitrogens is 1. The highest BCUT2D eigenvalue weighted by Crippen LogP contribution is 2.23. The van der Waals surface area contributed by atoms with Crippen molar-refractivity contribution in [3.63, 3.8) is 0 Å². The Labute approximate surface area is 118 Å². The highest BCUT2D eigenvalue weighted by Gasteiger charge is 2.08. The van der Waals surface area contributed by atoms with Crippen molar-refractivity contribution in [2.45, 2.75) is 19.9 Å². The molecule has 3 nitrogen and oxygen atoms in total. The van der Waals surface area contributed by atoms with Gasteiger partial charge in [-0.25, -0.2) is 4.39 Å². The van der Waals surface area contributed by atoms with Crippen LogP contribution in [0.2, 0.25) is 0 Å². The minimum atomic E-state index is -0.282. The number of rotatable bonds is 5. The largest absolute Gasteiger partial charge is 0.382 e. The normalized spacial score (nSPS) is 11.3. The maximum Gasteiger partial charge on any atom is 0.178 e. The molecule has 18 heavy (non-hydrogen) atoms. The minimum absolute atomic E-state index is 0.282. The number of aromatic nitrogens is 2. The molecule has 1 N–H and O–H groups in total. The van der Waals surface area contributed by atoms with Gasteiger partial charge in [0, 0.05) is 25.8 Å². The zero-order valence-corrected chi connectivity index (χ0v) is 12.4. The van der Waals surface area contributed by atoms with Gasteiger partial charge in [0.15, 0.2) is 4.77 Å². The number of hydrogen-bond donors (Lipinski definition) is 1. The molecule has 2 aromatic rings. The van der Waals surface area contributed by atoms with Crippen molar-refractivity contribution in [1.82, 2.24) is 9.55 Å². The molecule has 0 unspecified atom stereocenters. The van der Waals surface area contributed by atoms with Crippen LogP contribution in [0, 0.1) is 10.6 Å². The van der Waals surface area contributed by atoms with E-state index in [2.05, 4.69) is 20.9 Å². The molecule has 0 atom stereocenters. The molecule has 0 radical (unpaired) electrons. The number of ether oxygens (including phenoxy) is 1. The van der Waals surface area contributed by atoms with Gasteiger partial charge in [-0.3, -0.25) is 0 Å². The summed E-state index contributed by atoms with van der Waals surface area (Å²) in [5.74, 6) is -0.282. The molecule has 0 spiro atoms. The Morgan fingerprint density at radius 3 is 3.00 bits per heavy atom. The molecule has 0 aliphatic rings. The third kappa shape index (κ3) is 2.81. The Hall–Kier alpha value is -0.720. The molecule has 0 aliphatic heterocycles. The highest BCUT2D eigenvalue weighted by atomic mass is 79.9. The molecular formula is C12H14BrFN2OS. The van der Waals surface area contributed by atoms with Crippen LogP contribution < -0.4 is 0 Å². The predicted octanol–water partition coefficient (Wildman–Crippen LogP) is 4.03. The van der Waals surface area contributed by atoms with Crippen molar-refractivity contribution >= 4 is 39.2 Å². The van der Waals surface area contributed by atoms with Gasteiger partial charge in [0.05, 0.1) is 15.5 Å². The van der Waals surface area contributed by atoms with Crippen molar-refractivity contribution in [2.24, 2.45) is 0 Å². The highest BCUT2D eigenvalue weighted by molar-refractivity contribution is 9.10. The second-order valence-electron chi connectivity index (χ2n) is 3.92. The first-order valence-electron chi connectivity index (χ1n) is 5.78. The molecule has 0 aliphatic carbocycles. The second-order valence-corrected chi connectivity index (χ2v) is 5.16. The number of hydrogen-bond acceptors (Lipinski definition) is 2. The SMILES string of the molecule is CCOCCCn1c(=S)[nH]c2cc(Br)c(F)cc21. The van der Waals surface area contributed by atoms with Gasteiger partial charge in [0.2, 0.25) is 0 Å². The van der Waals surface area contributed by atoms with E-state index >= 15 is 0 Å². The third-order valence-electron chi connectivity index (χ3n) is 2.69. The lowest BCUT2D eigenvalue weighted by Crippen LogP contribution is -2.02. The monoisotopic (exact) mass is 332 g/mol. The summed E-state index contributed by atoms with van der Waals surface area (Å²) in [5, 5.41) is 0. The topological polar surface area (TPSA) is 29.9 Å². The summed E-state index contributed by atoms with van der Waals surface area (Å²) in [7, 11) is 0. The van der Waals surface area contributed by atoms with E-state index in [1.165, 1.54) is 6.07 Å². The summed E-state index contributed by atoms with van der Waals surface area (Å²) in [6.07, 6.45) is 0.854. The van der Waals surface area contributed by atoms with Gasteiger partial charge in [0.25, 0.3) is 0 Å². The summed E-state index contributed by atoms with van der Waals surface area (Å²) in [5.41, 5.74) is 1.63. The first kappa shape index (κ1) is 13.7. The Balaban J connectivity index is 2.29. The van der Waals surface area contributed by atoms with E-state index < -0.39 is 0 Å². The van der Waals surface area contributed by atoms with E-state index in [0.717, 1.165) is 24.0 Å². The molecule has 0 bridgehead atoms. The van der Waals surface area contributed by atoms with Gasteiger partial charge in [-0.05, 0) is 47.6 Å². The van der Waals surface area contributed by atoms with Crippen LogP contribution in [0.5, 0.6) is 0 Å². The van der Waals surface area contributed by atoms with Gasteiger partial charge in [-0.2, -0.15) is 0 Å². The standard InChI is InChI=1S/C12H14BrFN2OS/c1-2-17-5-3-4-16-11-7-9(14)8(13)6-10(11)15-12(16)18/h6-7H,2-5H2,1H3,(H,15,18). The summed E-state index contributed by atoms with van der Waals surface area (Å²) >= 11 is 8.41. The number of aryl methyl sites for hydroxylation is 1.